The Morgan fingerprint density at radius 2 is 1.79 bits per heavy atom. The maximum atomic E-state index is 13.0. The predicted molar refractivity (Wildman–Crippen MR) is 105 cm³/mol. The Bertz CT molecular complexity index is 986. The van der Waals surface area contributed by atoms with Crippen LogP contribution in [0.1, 0.15) is 46.0 Å². The van der Waals surface area contributed by atoms with Gasteiger partial charge < -0.3 is 9.15 Å². The first-order valence-electron chi connectivity index (χ1n) is 8.83. The Kier molecular flexibility index (Phi) is 6.14. The number of ether oxygens (including phenoxy) is 1. The van der Waals surface area contributed by atoms with Crippen molar-refractivity contribution >= 4 is 17.5 Å². The first-order valence-corrected chi connectivity index (χ1v) is 9.81. The van der Waals surface area contributed by atoms with Crippen molar-refractivity contribution in [3.8, 4) is 5.75 Å². The molecule has 1 aromatic heterocycles. The Morgan fingerprint density at radius 1 is 1.11 bits per heavy atom. The van der Waals surface area contributed by atoms with Crippen molar-refractivity contribution < 1.29 is 18.3 Å². The molecule has 0 bridgehead atoms. The van der Waals surface area contributed by atoms with Crippen LogP contribution in [0.3, 0.4) is 0 Å². The molecule has 0 saturated carbocycles. The molecule has 0 N–H and O–H groups in total. The quantitative estimate of drug-likeness (QED) is 0.399. The van der Waals surface area contributed by atoms with Crippen LogP contribution in [0.5, 0.6) is 5.75 Å². The lowest BCUT2D eigenvalue weighted by atomic mass is 9.99. The first kappa shape index (κ1) is 20.1. The van der Waals surface area contributed by atoms with Gasteiger partial charge in [-0.25, -0.2) is 4.39 Å². The molecule has 0 saturated heterocycles. The van der Waals surface area contributed by atoms with Crippen molar-refractivity contribution in [2.75, 3.05) is 5.75 Å². The van der Waals surface area contributed by atoms with Crippen molar-refractivity contribution in [1.29, 1.82) is 0 Å². The van der Waals surface area contributed by atoms with Crippen molar-refractivity contribution in [2.24, 2.45) is 0 Å². The average molecular weight is 400 g/mol. The van der Waals surface area contributed by atoms with E-state index in [9.17, 15) is 9.18 Å². The van der Waals surface area contributed by atoms with Crippen LogP contribution in [-0.2, 0) is 0 Å². The lowest BCUT2D eigenvalue weighted by molar-refractivity contribution is 0.102. The molecule has 0 aliphatic carbocycles. The minimum Gasteiger partial charge on any atom is -0.481 e. The van der Waals surface area contributed by atoms with Gasteiger partial charge in [-0.1, -0.05) is 17.8 Å². The van der Waals surface area contributed by atoms with E-state index in [1.54, 1.807) is 6.92 Å². The van der Waals surface area contributed by atoms with E-state index in [1.807, 2.05) is 32.9 Å². The molecule has 146 valence electrons. The number of nitrogens with zero attached hydrogens (tertiary/aromatic N) is 2. The zero-order valence-corrected chi connectivity index (χ0v) is 17.0. The molecule has 7 heteroatoms. The summed E-state index contributed by atoms with van der Waals surface area (Å²) in [5.74, 6) is 0.683. The van der Waals surface area contributed by atoms with Gasteiger partial charge in [0.25, 0.3) is 11.1 Å². The molecule has 0 radical (unpaired) electrons. The Labute approximate surface area is 167 Å². The number of Topliss-reactive ketones (excluding diaryl/α,β-unsaturated/α-hetero) is 1. The molecule has 1 atom stereocenters. The molecule has 5 nitrogen and oxygen atoms in total. The largest absolute Gasteiger partial charge is 0.481 e. The molecule has 3 rings (SSSR count). The molecule has 0 amide bonds. The SMILES string of the molecule is Cc1cc(C)c(C(=O)CSc2nnc([C@H](C)Oc3ccc(F)cc3)o2)cc1C. The Hall–Kier alpha value is -2.67. The fourth-order valence-corrected chi connectivity index (χ4v) is 3.33. The van der Waals surface area contributed by atoms with E-state index >= 15 is 0 Å². The second-order valence-electron chi connectivity index (χ2n) is 6.58. The van der Waals surface area contributed by atoms with Gasteiger partial charge in [0.1, 0.15) is 11.6 Å². The number of carbonyl (C=O) groups excluding carboxylic acids is 1. The third kappa shape index (κ3) is 4.78. The zero-order valence-electron chi connectivity index (χ0n) is 16.2. The maximum absolute atomic E-state index is 13.0. The summed E-state index contributed by atoms with van der Waals surface area (Å²) in [4.78, 5) is 12.5. The van der Waals surface area contributed by atoms with Crippen LogP contribution in [-0.4, -0.2) is 21.7 Å². The molecular formula is C21H21FN2O3S. The van der Waals surface area contributed by atoms with Gasteiger partial charge in [-0.2, -0.15) is 0 Å². The highest BCUT2D eigenvalue weighted by Crippen LogP contribution is 2.25. The number of ketones is 1. The van der Waals surface area contributed by atoms with Gasteiger partial charge in [-0.15, -0.1) is 10.2 Å². The third-order valence-corrected chi connectivity index (χ3v) is 5.18. The van der Waals surface area contributed by atoms with E-state index in [0.29, 0.717) is 22.4 Å². The lowest BCUT2D eigenvalue weighted by Crippen LogP contribution is -2.06. The Balaban J connectivity index is 1.60. The van der Waals surface area contributed by atoms with E-state index in [2.05, 4.69) is 10.2 Å². The molecule has 0 unspecified atom stereocenters. The maximum Gasteiger partial charge on any atom is 0.277 e. The molecule has 2 aromatic carbocycles. The van der Waals surface area contributed by atoms with E-state index < -0.39 is 6.10 Å². The van der Waals surface area contributed by atoms with Crippen molar-refractivity contribution in [3.05, 3.63) is 70.4 Å². The van der Waals surface area contributed by atoms with Crippen LogP contribution in [0.15, 0.2) is 46.0 Å². The van der Waals surface area contributed by atoms with Crippen molar-refractivity contribution in [2.45, 2.75) is 39.0 Å². The van der Waals surface area contributed by atoms with Crippen LogP contribution in [0.4, 0.5) is 4.39 Å². The van der Waals surface area contributed by atoms with Gasteiger partial charge in [0.15, 0.2) is 11.9 Å². The number of aromatic nitrogens is 2. The van der Waals surface area contributed by atoms with Gasteiger partial charge in [0.2, 0.25) is 0 Å². The molecule has 0 spiro atoms. The molecule has 1 heterocycles. The van der Waals surface area contributed by atoms with E-state index in [4.69, 9.17) is 9.15 Å². The number of hydrogen-bond donors (Lipinski definition) is 0. The topological polar surface area (TPSA) is 65.2 Å². The predicted octanol–water partition coefficient (Wildman–Crippen LogP) is 5.25. The fourth-order valence-electron chi connectivity index (χ4n) is 2.68. The molecular weight excluding hydrogens is 379 g/mol. The van der Waals surface area contributed by atoms with Crippen LogP contribution in [0.25, 0.3) is 0 Å². The molecule has 0 fully saturated rings. The van der Waals surface area contributed by atoms with E-state index in [0.717, 1.165) is 11.1 Å². The monoisotopic (exact) mass is 400 g/mol. The van der Waals surface area contributed by atoms with Gasteiger partial charge in [0, 0.05) is 5.56 Å². The highest BCUT2D eigenvalue weighted by atomic mass is 32.2. The summed E-state index contributed by atoms with van der Waals surface area (Å²) in [6.45, 7) is 7.71. The van der Waals surface area contributed by atoms with Gasteiger partial charge >= 0.3 is 0 Å². The fraction of sp³-hybridized carbons (Fsp3) is 0.286. The standard InChI is InChI=1S/C21H21FN2O3S/c1-12-9-14(3)18(10-13(12)2)19(25)11-28-21-24-23-20(27-21)15(4)26-17-7-5-16(22)6-8-17/h5-10,15H,11H2,1-4H3/t15-/m0/s1. The number of benzene rings is 2. The first-order chi connectivity index (χ1) is 13.3. The third-order valence-electron chi connectivity index (χ3n) is 4.36. The van der Waals surface area contributed by atoms with E-state index in [1.165, 1.54) is 41.6 Å². The second kappa shape index (κ2) is 8.56. The summed E-state index contributed by atoms with van der Waals surface area (Å²) in [5.41, 5.74) is 3.92. The normalized spacial score (nSPS) is 12.0. The highest BCUT2D eigenvalue weighted by molar-refractivity contribution is 7.99. The van der Waals surface area contributed by atoms with E-state index in [-0.39, 0.29) is 17.4 Å². The molecule has 28 heavy (non-hydrogen) atoms. The summed E-state index contributed by atoms with van der Waals surface area (Å²) in [7, 11) is 0. The number of thioether (sulfide) groups is 1. The summed E-state index contributed by atoms with van der Waals surface area (Å²) >= 11 is 1.19. The van der Waals surface area contributed by atoms with Gasteiger partial charge in [-0.05, 0) is 74.7 Å². The molecule has 0 aliphatic heterocycles. The summed E-state index contributed by atoms with van der Waals surface area (Å²) in [6, 6.07) is 9.64. The van der Waals surface area contributed by atoms with Crippen LogP contribution >= 0.6 is 11.8 Å². The highest BCUT2D eigenvalue weighted by Gasteiger charge is 2.18. The van der Waals surface area contributed by atoms with Crippen molar-refractivity contribution in [1.82, 2.24) is 10.2 Å². The van der Waals surface area contributed by atoms with Crippen molar-refractivity contribution in [3.63, 3.8) is 0 Å². The van der Waals surface area contributed by atoms with Crippen LogP contribution in [0.2, 0.25) is 0 Å². The van der Waals surface area contributed by atoms with Gasteiger partial charge in [0.05, 0.1) is 5.75 Å². The number of halogens is 1. The molecule has 3 aromatic rings. The number of aryl methyl sites for hydroxylation is 3. The number of carbonyl (C=O) groups is 1. The van der Waals surface area contributed by atoms with Gasteiger partial charge in [-0.3, -0.25) is 4.79 Å². The number of hydrogen-bond acceptors (Lipinski definition) is 6. The molecule has 0 aliphatic rings. The summed E-state index contributed by atoms with van der Waals surface area (Å²) in [6.07, 6.45) is -0.495. The number of rotatable bonds is 7. The minimum atomic E-state index is -0.495. The van der Waals surface area contributed by atoms with Crippen LogP contribution in [0, 0.1) is 26.6 Å². The Morgan fingerprint density at radius 3 is 2.50 bits per heavy atom. The second-order valence-corrected chi connectivity index (χ2v) is 7.51. The minimum absolute atomic E-state index is 0.0148. The average Bonchev–Trinajstić information content (AvgIpc) is 3.14. The van der Waals surface area contributed by atoms with Crippen LogP contribution < -0.4 is 4.74 Å². The summed E-state index contributed by atoms with van der Waals surface area (Å²) < 4.78 is 24.2. The lowest BCUT2D eigenvalue weighted by Gasteiger charge is -2.10. The smallest absolute Gasteiger partial charge is 0.277 e. The zero-order chi connectivity index (χ0) is 20.3. The summed E-state index contributed by atoms with van der Waals surface area (Å²) in [5, 5.41) is 8.25.